The van der Waals surface area contributed by atoms with Gasteiger partial charge in [0.15, 0.2) is 22.8 Å². The third kappa shape index (κ3) is 3.16. The minimum Gasteiger partial charge on any atom is -0.387 e. The van der Waals surface area contributed by atoms with Crippen molar-refractivity contribution in [2.75, 3.05) is 11.5 Å². The number of thioether (sulfide) groups is 1. The van der Waals surface area contributed by atoms with Crippen LogP contribution < -0.4 is 11.3 Å². The molecule has 4 heterocycles. The van der Waals surface area contributed by atoms with Gasteiger partial charge >= 0.3 is 0 Å². The summed E-state index contributed by atoms with van der Waals surface area (Å²) in [7, 11) is 0. The van der Waals surface area contributed by atoms with Gasteiger partial charge in [0.2, 0.25) is 0 Å². The smallest absolute Gasteiger partial charge is 0.254 e. The number of aliphatic hydroxyl groups is 2. The van der Waals surface area contributed by atoms with Crippen LogP contribution in [0.15, 0.2) is 28.8 Å². The van der Waals surface area contributed by atoms with Crippen molar-refractivity contribution in [3.63, 3.8) is 0 Å². The molecule has 0 aromatic carbocycles. The molecule has 5 N–H and O–H groups in total. The summed E-state index contributed by atoms with van der Waals surface area (Å²) in [6.45, 7) is 1.66. The highest BCUT2D eigenvalue weighted by Gasteiger charge is 2.44. The summed E-state index contributed by atoms with van der Waals surface area (Å²) in [5.74, 6) is 0.498. The third-order valence-corrected chi connectivity index (χ3v) is 5.31. The van der Waals surface area contributed by atoms with Gasteiger partial charge in [-0.3, -0.25) is 9.36 Å². The number of nitrogens with one attached hydrogen (secondary N) is 1. The number of hydrogen-bond donors (Lipinski definition) is 4. The van der Waals surface area contributed by atoms with Gasteiger partial charge in [-0.05, 0) is 6.92 Å². The number of aliphatic hydroxyl groups excluding tert-OH is 2. The molecule has 1 aliphatic rings. The first kappa shape index (κ1) is 17.9. The second-order valence-corrected chi connectivity index (χ2v) is 7.15. The first-order valence-electron chi connectivity index (χ1n) is 8.09. The lowest BCUT2D eigenvalue weighted by Gasteiger charge is -2.16. The van der Waals surface area contributed by atoms with Crippen LogP contribution >= 0.6 is 11.8 Å². The number of nitrogens with zero attached hydrogens (tertiary/aromatic N) is 5. The van der Waals surface area contributed by atoms with Crippen LogP contribution in [0.5, 0.6) is 0 Å². The van der Waals surface area contributed by atoms with Crippen molar-refractivity contribution in [2.45, 2.75) is 36.6 Å². The second kappa shape index (κ2) is 6.88. The van der Waals surface area contributed by atoms with E-state index in [0.29, 0.717) is 21.9 Å². The van der Waals surface area contributed by atoms with Crippen LogP contribution in [0.2, 0.25) is 0 Å². The minimum absolute atomic E-state index is 0.216. The highest BCUT2D eigenvalue weighted by molar-refractivity contribution is 7.99. The Balaban J connectivity index is 1.52. The number of aromatic amines is 1. The molecule has 4 atom stereocenters. The van der Waals surface area contributed by atoms with Crippen molar-refractivity contribution < 1.29 is 14.9 Å². The fourth-order valence-corrected chi connectivity index (χ4v) is 3.72. The molecule has 0 spiro atoms. The van der Waals surface area contributed by atoms with Gasteiger partial charge in [-0.2, -0.15) is 0 Å². The third-order valence-electron chi connectivity index (χ3n) is 4.34. The van der Waals surface area contributed by atoms with Gasteiger partial charge in [0.25, 0.3) is 5.56 Å². The van der Waals surface area contributed by atoms with E-state index in [0.717, 1.165) is 0 Å². The molecular weight excluding hydrogens is 374 g/mol. The lowest BCUT2D eigenvalue weighted by atomic mass is 10.1. The van der Waals surface area contributed by atoms with E-state index in [1.54, 1.807) is 6.92 Å². The normalized spacial score (nSPS) is 25.3. The highest BCUT2D eigenvalue weighted by atomic mass is 32.2. The number of imidazole rings is 1. The molecule has 142 valence electrons. The van der Waals surface area contributed by atoms with Crippen molar-refractivity contribution in [3.8, 4) is 0 Å². The average molecular weight is 391 g/mol. The summed E-state index contributed by atoms with van der Waals surface area (Å²) in [6, 6.07) is 0. The van der Waals surface area contributed by atoms with E-state index in [9.17, 15) is 15.0 Å². The van der Waals surface area contributed by atoms with Gasteiger partial charge in [0, 0.05) is 17.5 Å². The van der Waals surface area contributed by atoms with Crippen LogP contribution in [0.3, 0.4) is 0 Å². The van der Waals surface area contributed by atoms with Gasteiger partial charge in [-0.25, -0.2) is 19.9 Å². The van der Waals surface area contributed by atoms with Crippen LogP contribution in [0, 0.1) is 6.92 Å². The predicted molar refractivity (Wildman–Crippen MR) is 96.0 cm³/mol. The summed E-state index contributed by atoms with van der Waals surface area (Å²) < 4.78 is 7.35. The zero-order chi connectivity index (χ0) is 19.1. The van der Waals surface area contributed by atoms with Gasteiger partial charge in [-0.15, -0.1) is 0 Å². The van der Waals surface area contributed by atoms with Gasteiger partial charge in [0.1, 0.15) is 24.1 Å². The lowest BCUT2D eigenvalue weighted by Crippen LogP contribution is -2.32. The van der Waals surface area contributed by atoms with E-state index in [-0.39, 0.29) is 17.1 Å². The summed E-state index contributed by atoms with van der Waals surface area (Å²) in [5.41, 5.74) is 6.86. The van der Waals surface area contributed by atoms with E-state index in [4.69, 9.17) is 10.5 Å². The van der Waals surface area contributed by atoms with Crippen LogP contribution in [-0.4, -0.2) is 63.8 Å². The first-order valence-corrected chi connectivity index (χ1v) is 9.07. The monoisotopic (exact) mass is 391 g/mol. The lowest BCUT2D eigenvalue weighted by molar-refractivity contribution is -0.0289. The van der Waals surface area contributed by atoms with Crippen molar-refractivity contribution >= 4 is 28.7 Å². The molecule has 4 rings (SSSR count). The van der Waals surface area contributed by atoms with E-state index >= 15 is 0 Å². The number of anilines is 1. The van der Waals surface area contributed by atoms with Crippen LogP contribution in [0.25, 0.3) is 11.2 Å². The Hall–Kier alpha value is -2.54. The number of ether oxygens (including phenoxy) is 1. The second-order valence-electron chi connectivity index (χ2n) is 6.14. The molecule has 3 aromatic rings. The Morgan fingerprint density at radius 2 is 2.11 bits per heavy atom. The van der Waals surface area contributed by atoms with Crippen molar-refractivity contribution in [2.24, 2.45) is 0 Å². The maximum atomic E-state index is 11.6. The fourth-order valence-electron chi connectivity index (χ4n) is 2.83. The quantitative estimate of drug-likeness (QED) is 0.327. The Kier molecular flexibility index (Phi) is 4.55. The molecule has 0 radical (unpaired) electrons. The molecule has 12 heteroatoms. The SMILES string of the molecule is Cc1cnc(SC[C@H]2O[C@@H](n3cnc4c(N)ncnc43)[C@H](O)[C@@H]2O)[nH]c1=O. The molecule has 0 unspecified atom stereocenters. The summed E-state index contributed by atoms with van der Waals surface area (Å²) in [5, 5.41) is 21.2. The largest absolute Gasteiger partial charge is 0.387 e. The molecule has 1 saturated heterocycles. The number of nitrogen functional groups attached to an aromatic ring is 1. The van der Waals surface area contributed by atoms with E-state index in [2.05, 4.69) is 24.9 Å². The number of rotatable bonds is 4. The number of aryl methyl sites for hydroxylation is 1. The molecule has 1 aliphatic heterocycles. The number of aromatic nitrogens is 6. The van der Waals surface area contributed by atoms with Gasteiger partial charge in [0.05, 0.1) is 12.4 Å². The van der Waals surface area contributed by atoms with Crippen LogP contribution in [-0.2, 0) is 4.74 Å². The maximum Gasteiger partial charge on any atom is 0.254 e. The number of H-pyrrole nitrogens is 1. The molecule has 0 aliphatic carbocycles. The standard InChI is InChI=1S/C15H17N7O4S/c1-6-2-17-15(21-13(6)25)27-3-7-9(23)10(24)14(26-7)22-5-20-8-11(16)18-4-19-12(8)22/h2,4-5,7,9-10,14,23-24H,3H2,1H3,(H2,16,18,19)(H,17,21,25)/t7-,9-,10-,14-/m1/s1. The molecule has 0 saturated carbocycles. The number of hydrogen-bond acceptors (Lipinski definition) is 10. The Morgan fingerprint density at radius 1 is 1.30 bits per heavy atom. The zero-order valence-electron chi connectivity index (χ0n) is 14.2. The molecule has 1 fully saturated rings. The predicted octanol–water partition coefficient (Wildman–Crippen LogP) is -0.788. The van der Waals surface area contributed by atoms with E-state index in [1.807, 2.05) is 0 Å². The van der Waals surface area contributed by atoms with E-state index in [1.165, 1.54) is 35.2 Å². The summed E-state index contributed by atoms with van der Waals surface area (Å²) in [6.07, 6.45) is 0.330. The molecule has 27 heavy (non-hydrogen) atoms. The summed E-state index contributed by atoms with van der Waals surface area (Å²) >= 11 is 1.22. The van der Waals surface area contributed by atoms with Crippen molar-refractivity contribution in [1.82, 2.24) is 29.5 Å². The molecule has 0 amide bonds. The molecule has 3 aromatic heterocycles. The van der Waals surface area contributed by atoms with Crippen molar-refractivity contribution in [3.05, 3.63) is 34.8 Å². The van der Waals surface area contributed by atoms with Gasteiger partial charge < -0.3 is 25.7 Å². The number of nitrogens with two attached hydrogens (primary N) is 1. The maximum absolute atomic E-state index is 11.6. The number of fused-ring (bicyclic) bond motifs is 1. The molecule has 0 bridgehead atoms. The van der Waals surface area contributed by atoms with Crippen LogP contribution in [0.1, 0.15) is 11.8 Å². The van der Waals surface area contributed by atoms with Gasteiger partial charge in [-0.1, -0.05) is 11.8 Å². The topological polar surface area (TPSA) is 165 Å². The average Bonchev–Trinajstić information content (AvgIpc) is 3.19. The minimum atomic E-state index is -1.19. The molecule has 11 nitrogen and oxygen atoms in total. The zero-order valence-corrected chi connectivity index (χ0v) is 15.0. The van der Waals surface area contributed by atoms with E-state index < -0.39 is 24.5 Å². The summed E-state index contributed by atoms with van der Waals surface area (Å²) in [4.78, 5) is 30.6. The Morgan fingerprint density at radius 3 is 2.89 bits per heavy atom. The van der Waals surface area contributed by atoms with Crippen LogP contribution in [0.4, 0.5) is 5.82 Å². The first-order chi connectivity index (χ1) is 13.0. The molecular formula is C15H17N7O4S. The van der Waals surface area contributed by atoms with Crippen molar-refractivity contribution in [1.29, 1.82) is 0 Å². The fraction of sp³-hybridized carbons (Fsp3) is 0.400. The highest BCUT2D eigenvalue weighted by Crippen LogP contribution is 2.33. The Labute approximate surface area is 156 Å². The Bertz CT molecular complexity index is 1040.